The fourth-order valence-electron chi connectivity index (χ4n) is 3.55. The largest absolute Gasteiger partial charge is 0.394 e. The van der Waals surface area contributed by atoms with Gasteiger partial charge in [-0.1, -0.05) is 23.7 Å². The smallest absolute Gasteiger partial charge is 0.351 e. The quantitative estimate of drug-likeness (QED) is 0.584. The Hall–Kier alpha value is -2.48. The number of aliphatic hydroxyl groups excluding tert-OH is 1. The van der Waals surface area contributed by atoms with Gasteiger partial charge in [0, 0.05) is 23.8 Å². The summed E-state index contributed by atoms with van der Waals surface area (Å²) in [6, 6.07) is 9.86. The Kier molecular flexibility index (Phi) is 5.05. The monoisotopic (exact) mass is 404 g/mol. The Balaban J connectivity index is 1.79. The van der Waals surface area contributed by atoms with E-state index in [4.69, 9.17) is 16.3 Å². The molecule has 0 saturated carbocycles. The molecule has 2 aromatic heterocycles. The van der Waals surface area contributed by atoms with Gasteiger partial charge in [0.2, 0.25) is 5.52 Å². The van der Waals surface area contributed by atoms with Crippen LogP contribution in [0.4, 0.5) is 4.39 Å². The second kappa shape index (κ2) is 7.50. The minimum Gasteiger partial charge on any atom is -0.394 e. The molecule has 1 aliphatic rings. The lowest BCUT2D eigenvalue weighted by molar-refractivity contribution is -0.515. The molecule has 4 rings (SSSR count). The van der Waals surface area contributed by atoms with E-state index in [0.29, 0.717) is 42.3 Å². The number of halogens is 2. The number of carbonyl (C=O) groups is 1. The summed E-state index contributed by atoms with van der Waals surface area (Å²) in [4.78, 5) is 16.1. The fourth-order valence-corrected chi connectivity index (χ4v) is 3.74. The minimum absolute atomic E-state index is 0.170. The van der Waals surface area contributed by atoms with Gasteiger partial charge in [0.25, 0.3) is 0 Å². The fraction of sp³-hybridized carbons (Fsp3) is 0.300. The first kappa shape index (κ1) is 18.9. The topological polar surface area (TPSA) is 78.4 Å². The van der Waals surface area contributed by atoms with E-state index in [1.165, 1.54) is 16.5 Å². The lowest BCUT2D eigenvalue weighted by Crippen LogP contribution is -2.55. The van der Waals surface area contributed by atoms with E-state index in [1.54, 1.807) is 30.5 Å². The van der Waals surface area contributed by atoms with Crippen LogP contribution in [0.25, 0.3) is 16.8 Å². The summed E-state index contributed by atoms with van der Waals surface area (Å²) in [7, 11) is 0. The summed E-state index contributed by atoms with van der Waals surface area (Å²) >= 11 is 6.09. The second-order valence-corrected chi connectivity index (χ2v) is 7.38. The van der Waals surface area contributed by atoms with Crippen molar-refractivity contribution in [1.82, 2.24) is 10.3 Å². The number of H-pyrrole nitrogens is 1. The number of aromatic amines is 1. The molecule has 3 heterocycles. The zero-order valence-electron chi connectivity index (χ0n) is 15.0. The van der Waals surface area contributed by atoms with Crippen LogP contribution >= 0.6 is 11.6 Å². The number of amides is 1. The number of pyridine rings is 1. The van der Waals surface area contributed by atoms with Gasteiger partial charge >= 0.3 is 11.7 Å². The number of aromatic nitrogens is 2. The predicted octanol–water partition coefficient (Wildman–Crippen LogP) is 2.48. The summed E-state index contributed by atoms with van der Waals surface area (Å²) in [6.45, 7) is 0.727. The summed E-state index contributed by atoms with van der Waals surface area (Å²) in [5.41, 5.74) is 0.615. The van der Waals surface area contributed by atoms with Crippen molar-refractivity contribution < 1.29 is 23.4 Å². The molecule has 1 fully saturated rings. The van der Waals surface area contributed by atoms with Crippen molar-refractivity contribution >= 4 is 23.0 Å². The van der Waals surface area contributed by atoms with Crippen LogP contribution in [0.3, 0.4) is 0 Å². The predicted molar refractivity (Wildman–Crippen MR) is 102 cm³/mol. The Morgan fingerprint density at radius 2 is 2.11 bits per heavy atom. The number of rotatable bonds is 4. The Bertz CT molecular complexity index is 1030. The molecule has 0 unspecified atom stereocenters. The molecule has 3 aromatic rings. The Labute approximate surface area is 165 Å². The normalized spacial score (nSPS) is 16.2. The van der Waals surface area contributed by atoms with Crippen LogP contribution in [0.2, 0.25) is 5.02 Å². The molecule has 0 bridgehead atoms. The van der Waals surface area contributed by atoms with Crippen LogP contribution in [0, 0.1) is 5.82 Å². The zero-order valence-corrected chi connectivity index (χ0v) is 15.8. The van der Waals surface area contributed by atoms with Gasteiger partial charge in [0.1, 0.15) is 0 Å². The van der Waals surface area contributed by atoms with Crippen molar-refractivity contribution in [3.05, 3.63) is 59.3 Å². The number of nitrogens with zero attached hydrogens (tertiary/aromatic N) is 1. The molecular weight excluding hydrogens is 385 g/mol. The van der Waals surface area contributed by atoms with Gasteiger partial charge < -0.3 is 15.2 Å². The highest BCUT2D eigenvalue weighted by Crippen LogP contribution is 2.26. The second-order valence-electron chi connectivity index (χ2n) is 6.94. The zero-order chi connectivity index (χ0) is 19.7. The van der Waals surface area contributed by atoms with E-state index in [-0.39, 0.29) is 17.9 Å². The number of benzene rings is 1. The van der Waals surface area contributed by atoms with Gasteiger partial charge in [0.15, 0.2) is 11.5 Å². The molecular formula is C20H20ClFN3O3+. The van der Waals surface area contributed by atoms with E-state index in [9.17, 15) is 14.3 Å². The number of hydrogen-bond acceptors (Lipinski definition) is 3. The van der Waals surface area contributed by atoms with Gasteiger partial charge in [-0.05, 0) is 37.1 Å². The molecule has 1 aliphatic heterocycles. The number of fused-ring (bicyclic) bond motifs is 1. The molecule has 146 valence electrons. The Morgan fingerprint density at radius 1 is 1.32 bits per heavy atom. The minimum atomic E-state index is -0.753. The molecule has 1 amide bonds. The van der Waals surface area contributed by atoms with Crippen molar-refractivity contribution in [2.75, 3.05) is 19.8 Å². The summed E-state index contributed by atoms with van der Waals surface area (Å²) in [5.74, 6) is -0.718. The van der Waals surface area contributed by atoms with Crippen molar-refractivity contribution in [2.24, 2.45) is 0 Å². The first-order valence-corrected chi connectivity index (χ1v) is 9.40. The van der Waals surface area contributed by atoms with Crippen molar-refractivity contribution in [2.45, 2.75) is 18.4 Å². The van der Waals surface area contributed by atoms with Gasteiger partial charge in [-0.25, -0.2) is 9.37 Å². The number of imidazole rings is 1. The maximum Gasteiger partial charge on any atom is 0.351 e. The third-order valence-corrected chi connectivity index (χ3v) is 5.36. The molecule has 0 radical (unpaired) electrons. The summed E-state index contributed by atoms with van der Waals surface area (Å²) < 4.78 is 21.5. The highest BCUT2D eigenvalue weighted by Gasteiger charge is 2.37. The van der Waals surface area contributed by atoms with Gasteiger partial charge in [-0.3, -0.25) is 4.79 Å². The first-order valence-electron chi connectivity index (χ1n) is 9.02. The standard InChI is InChI=1S/C20H19ClFN3O3/c21-14-4-1-3-13(11-14)16-17-15(22)5-2-8-25(17)18(23-16)19(27)24-20(12-26)6-9-28-10-7-20/h1-5,8,11,26H,6-7,9-10,12H2,(H,24,27)/p+1. The molecule has 0 spiro atoms. The van der Waals surface area contributed by atoms with Crippen LogP contribution in [0.15, 0.2) is 42.6 Å². The van der Waals surface area contributed by atoms with Crippen LogP contribution in [-0.2, 0) is 4.74 Å². The van der Waals surface area contributed by atoms with Crippen molar-refractivity contribution in [1.29, 1.82) is 0 Å². The van der Waals surface area contributed by atoms with Crippen LogP contribution in [0.5, 0.6) is 0 Å². The average molecular weight is 405 g/mol. The molecule has 3 N–H and O–H groups in total. The van der Waals surface area contributed by atoms with Crippen molar-refractivity contribution in [3.8, 4) is 11.3 Å². The van der Waals surface area contributed by atoms with Gasteiger partial charge in [-0.2, -0.15) is 4.40 Å². The number of carbonyl (C=O) groups excluding carboxylic acids is 1. The van der Waals surface area contributed by atoms with Crippen LogP contribution in [0.1, 0.15) is 23.5 Å². The van der Waals surface area contributed by atoms with E-state index >= 15 is 0 Å². The van der Waals surface area contributed by atoms with E-state index in [2.05, 4.69) is 10.3 Å². The summed E-state index contributed by atoms with van der Waals surface area (Å²) in [5, 5.41) is 13.3. The average Bonchev–Trinajstić information content (AvgIpc) is 3.10. The summed E-state index contributed by atoms with van der Waals surface area (Å²) in [6.07, 6.45) is 2.63. The lowest BCUT2D eigenvalue weighted by atomic mass is 9.91. The molecule has 6 nitrogen and oxygen atoms in total. The molecule has 1 saturated heterocycles. The highest BCUT2D eigenvalue weighted by atomic mass is 35.5. The SMILES string of the molecule is O=C(NC1(CO)CCOCC1)c1[nH]c(-c2cccc(Cl)c2)c2c(F)ccc[n+]12. The highest BCUT2D eigenvalue weighted by molar-refractivity contribution is 6.30. The van der Waals surface area contributed by atoms with Crippen LogP contribution < -0.4 is 9.72 Å². The third-order valence-electron chi connectivity index (χ3n) is 5.13. The Morgan fingerprint density at radius 3 is 2.82 bits per heavy atom. The van der Waals surface area contributed by atoms with Gasteiger partial charge in [-0.15, -0.1) is 0 Å². The molecule has 8 heteroatoms. The molecule has 0 atom stereocenters. The maximum atomic E-state index is 14.6. The number of nitrogens with one attached hydrogen (secondary N) is 2. The van der Waals surface area contributed by atoms with Crippen LogP contribution in [-0.4, -0.2) is 41.4 Å². The number of aliphatic hydroxyl groups is 1. The van der Waals surface area contributed by atoms with E-state index < -0.39 is 17.3 Å². The van der Waals surface area contributed by atoms with Gasteiger partial charge in [0.05, 0.1) is 18.3 Å². The molecule has 28 heavy (non-hydrogen) atoms. The van der Waals surface area contributed by atoms with Crippen molar-refractivity contribution in [3.63, 3.8) is 0 Å². The molecule has 1 aromatic carbocycles. The number of hydrogen-bond donors (Lipinski definition) is 3. The maximum absolute atomic E-state index is 14.6. The lowest BCUT2D eigenvalue weighted by Gasteiger charge is -2.35. The van der Waals surface area contributed by atoms with E-state index in [0.717, 1.165) is 0 Å². The molecule has 0 aliphatic carbocycles. The third kappa shape index (κ3) is 3.37. The number of ether oxygens (including phenoxy) is 1. The van der Waals surface area contributed by atoms with E-state index in [1.807, 2.05) is 0 Å². The first-order chi connectivity index (χ1) is 13.5.